The molecule has 0 saturated carbocycles. The summed E-state index contributed by atoms with van der Waals surface area (Å²) in [7, 11) is 0. The van der Waals surface area contributed by atoms with Gasteiger partial charge in [0.25, 0.3) is 0 Å². The lowest BCUT2D eigenvalue weighted by atomic mass is 9.94. The Bertz CT molecular complexity index is 458. The predicted octanol–water partition coefficient (Wildman–Crippen LogP) is 2.99. The number of aryl methyl sites for hydroxylation is 1. The maximum Gasteiger partial charge on any atom is 0.134 e. The number of anilines is 2. The van der Waals surface area contributed by atoms with E-state index in [9.17, 15) is 5.11 Å². The van der Waals surface area contributed by atoms with Crippen molar-refractivity contribution in [2.75, 3.05) is 23.7 Å². The van der Waals surface area contributed by atoms with E-state index in [-0.39, 0.29) is 0 Å². The monoisotopic (exact) mass is 294 g/mol. The van der Waals surface area contributed by atoms with Gasteiger partial charge in [0.15, 0.2) is 0 Å². The molecule has 1 heterocycles. The second-order valence-electron chi connectivity index (χ2n) is 6.29. The summed E-state index contributed by atoms with van der Waals surface area (Å²) in [6.45, 7) is 13.5. The summed E-state index contributed by atoms with van der Waals surface area (Å²) in [4.78, 5) is 9.05. The van der Waals surface area contributed by atoms with Crippen LogP contribution in [0.25, 0.3) is 0 Å². The molecule has 1 atom stereocenters. The van der Waals surface area contributed by atoms with Crippen LogP contribution in [0.3, 0.4) is 0 Å². The van der Waals surface area contributed by atoms with Crippen LogP contribution in [0.1, 0.15) is 52.4 Å². The molecule has 1 unspecified atom stereocenters. The van der Waals surface area contributed by atoms with Gasteiger partial charge in [-0.1, -0.05) is 20.8 Å². The fourth-order valence-electron chi connectivity index (χ4n) is 2.46. The Morgan fingerprint density at radius 1 is 1.14 bits per heavy atom. The second kappa shape index (κ2) is 7.59. The Kier molecular flexibility index (Phi) is 6.40. The molecule has 5 nitrogen and oxygen atoms in total. The highest BCUT2D eigenvalue weighted by molar-refractivity contribution is 5.57. The van der Waals surface area contributed by atoms with E-state index < -0.39 is 5.60 Å². The standard InChI is InChI=1S/C16H30N4O/c1-7-13-19-14(17-8-2)12(5)15(20-13)18-10-16(6,21)9-11(3)4/h11,21H,7-10H2,1-6H3,(H2,17,18,19,20). The van der Waals surface area contributed by atoms with Crippen LogP contribution in [-0.2, 0) is 6.42 Å². The molecule has 1 rings (SSSR count). The first-order valence-electron chi connectivity index (χ1n) is 7.86. The van der Waals surface area contributed by atoms with Crippen LogP contribution >= 0.6 is 0 Å². The van der Waals surface area contributed by atoms with Crippen LogP contribution in [0.2, 0.25) is 0 Å². The molecule has 0 amide bonds. The van der Waals surface area contributed by atoms with Gasteiger partial charge in [0.05, 0.1) is 5.60 Å². The topological polar surface area (TPSA) is 70.1 Å². The summed E-state index contributed by atoms with van der Waals surface area (Å²) in [6, 6.07) is 0. The lowest BCUT2D eigenvalue weighted by Crippen LogP contribution is -2.35. The summed E-state index contributed by atoms with van der Waals surface area (Å²) in [5, 5.41) is 17.0. The molecular formula is C16H30N4O. The molecule has 0 spiro atoms. The number of aliphatic hydroxyl groups is 1. The Morgan fingerprint density at radius 2 is 1.71 bits per heavy atom. The molecule has 0 saturated heterocycles. The third-order valence-corrected chi connectivity index (χ3v) is 3.34. The minimum absolute atomic E-state index is 0.455. The Hall–Kier alpha value is -1.36. The van der Waals surface area contributed by atoms with E-state index >= 15 is 0 Å². The van der Waals surface area contributed by atoms with Crippen LogP contribution in [0.5, 0.6) is 0 Å². The van der Waals surface area contributed by atoms with Crippen molar-refractivity contribution in [1.29, 1.82) is 0 Å². The zero-order valence-corrected chi connectivity index (χ0v) is 14.2. The zero-order chi connectivity index (χ0) is 16.0. The van der Waals surface area contributed by atoms with E-state index in [1.54, 1.807) is 0 Å². The highest BCUT2D eigenvalue weighted by Crippen LogP contribution is 2.22. The number of aromatic nitrogens is 2. The molecule has 1 aromatic rings. The van der Waals surface area contributed by atoms with Gasteiger partial charge in [-0.25, -0.2) is 9.97 Å². The summed E-state index contributed by atoms with van der Waals surface area (Å²) >= 11 is 0. The minimum atomic E-state index is -0.740. The number of hydrogen-bond acceptors (Lipinski definition) is 5. The van der Waals surface area contributed by atoms with Gasteiger partial charge in [-0.3, -0.25) is 0 Å². The SMILES string of the molecule is CCNc1nc(CC)nc(NCC(C)(O)CC(C)C)c1C. The van der Waals surface area contributed by atoms with Gasteiger partial charge >= 0.3 is 0 Å². The lowest BCUT2D eigenvalue weighted by Gasteiger charge is -2.26. The van der Waals surface area contributed by atoms with E-state index in [0.717, 1.165) is 42.4 Å². The van der Waals surface area contributed by atoms with Crippen molar-refractivity contribution in [2.24, 2.45) is 5.92 Å². The average Bonchev–Trinajstić information content (AvgIpc) is 2.38. The van der Waals surface area contributed by atoms with Crippen molar-refractivity contribution >= 4 is 11.6 Å². The first kappa shape index (κ1) is 17.7. The lowest BCUT2D eigenvalue weighted by molar-refractivity contribution is 0.0514. The number of rotatable bonds is 8. The van der Waals surface area contributed by atoms with Gasteiger partial charge in [0.1, 0.15) is 17.5 Å². The third kappa shape index (κ3) is 5.50. The van der Waals surface area contributed by atoms with Crippen LogP contribution in [0.15, 0.2) is 0 Å². The van der Waals surface area contributed by atoms with Crippen molar-refractivity contribution in [3.63, 3.8) is 0 Å². The quantitative estimate of drug-likeness (QED) is 0.687. The van der Waals surface area contributed by atoms with Gasteiger partial charge in [0.2, 0.25) is 0 Å². The molecule has 0 aliphatic carbocycles. The minimum Gasteiger partial charge on any atom is -0.388 e. The van der Waals surface area contributed by atoms with Crippen molar-refractivity contribution in [1.82, 2.24) is 9.97 Å². The number of hydrogen-bond donors (Lipinski definition) is 3. The Labute approximate surface area is 128 Å². The molecule has 21 heavy (non-hydrogen) atoms. The molecule has 0 aliphatic rings. The molecule has 120 valence electrons. The highest BCUT2D eigenvalue weighted by Gasteiger charge is 2.22. The molecule has 1 aromatic heterocycles. The molecule has 0 aliphatic heterocycles. The van der Waals surface area contributed by atoms with Crippen molar-refractivity contribution in [3.8, 4) is 0 Å². The van der Waals surface area contributed by atoms with Gasteiger partial charge in [-0.15, -0.1) is 0 Å². The number of nitrogens with zero attached hydrogens (tertiary/aromatic N) is 2. The van der Waals surface area contributed by atoms with Gasteiger partial charge in [0, 0.05) is 25.1 Å². The Balaban J connectivity index is 2.89. The van der Waals surface area contributed by atoms with Crippen LogP contribution < -0.4 is 10.6 Å². The van der Waals surface area contributed by atoms with Crippen LogP contribution in [-0.4, -0.2) is 33.8 Å². The van der Waals surface area contributed by atoms with E-state index in [4.69, 9.17) is 0 Å². The van der Waals surface area contributed by atoms with E-state index in [0.29, 0.717) is 12.5 Å². The van der Waals surface area contributed by atoms with Gasteiger partial charge < -0.3 is 15.7 Å². The maximum absolute atomic E-state index is 10.4. The van der Waals surface area contributed by atoms with Crippen molar-refractivity contribution < 1.29 is 5.11 Å². The third-order valence-electron chi connectivity index (χ3n) is 3.34. The summed E-state index contributed by atoms with van der Waals surface area (Å²) in [5.41, 5.74) is 0.255. The van der Waals surface area contributed by atoms with Crippen molar-refractivity contribution in [2.45, 2.75) is 60.0 Å². The largest absolute Gasteiger partial charge is 0.388 e. The summed E-state index contributed by atoms with van der Waals surface area (Å²) < 4.78 is 0. The maximum atomic E-state index is 10.4. The van der Waals surface area contributed by atoms with E-state index in [1.807, 2.05) is 27.7 Å². The fraction of sp³-hybridized carbons (Fsp3) is 0.750. The second-order valence-corrected chi connectivity index (χ2v) is 6.29. The average molecular weight is 294 g/mol. The molecule has 0 fully saturated rings. The highest BCUT2D eigenvalue weighted by atomic mass is 16.3. The predicted molar refractivity (Wildman–Crippen MR) is 88.9 cm³/mol. The van der Waals surface area contributed by atoms with E-state index in [1.165, 1.54) is 0 Å². The molecule has 0 aromatic carbocycles. The first-order valence-corrected chi connectivity index (χ1v) is 7.86. The molecule has 0 radical (unpaired) electrons. The van der Waals surface area contributed by atoms with E-state index in [2.05, 4.69) is 34.4 Å². The summed E-state index contributed by atoms with van der Waals surface area (Å²) in [5.74, 6) is 2.94. The molecular weight excluding hydrogens is 264 g/mol. The Morgan fingerprint density at radius 3 is 2.19 bits per heavy atom. The van der Waals surface area contributed by atoms with Gasteiger partial charge in [-0.05, 0) is 33.1 Å². The molecule has 5 heteroatoms. The molecule has 0 bridgehead atoms. The smallest absolute Gasteiger partial charge is 0.134 e. The zero-order valence-electron chi connectivity index (χ0n) is 14.2. The molecule has 3 N–H and O–H groups in total. The first-order chi connectivity index (χ1) is 9.79. The van der Waals surface area contributed by atoms with Gasteiger partial charge in [-0.2, -0.15) is 0 Å². The fourth-order valence-corrected chi connectivity index (χ4v) is 2.46. The van der Waals surface area contributed by atoms with Crippen LogP contribution in [0.4, 0.5) is 11.6 Å². The van der Waals surface area contributed by atoms with Crippen molar-refractivity contribution in [3.05, 3.63) is 11.4 Å². The van der Waals surface area contributed by atoms with Crippen LogP contribution in [0, 0.1) is 12.8 Å². The normalized spacial score (nSPS) is 14.1. The number of nitrogens with one attached hydrogen (secondary N) is 2. The summed E-state index contributed by atoms with van der Waals surface area (Å²) in [6.07, 6.45) is 1.54.